The van der Waals surface area contributed by atoms with Gasteiger partial charge >= 0.3 is 0 Å². The lowest BCUT2D eigenvalue weighted by Crippen LogP contribution is -2.24. The smallest absolute Gasteiger partial charge is 0.0514 e. The van der Waals surface area contributed by atoms with Crippen LogP contribution in [0.15, 0.2) is 49.0 Å². The molecule has 2 aromatic rings. The van der Waals surface area contributed by atoms with E-state index < -0.39 is 0 Å². The van der Waals surface area contributed by atoms with E-state index in [-0.39, 0.29) is 0 Å². The molecule has 2 aromatic carbocycles. The molecule has 0 aliphatic heterocycles. The lowest BCUT2D eigenvalue weighted by molar-refractivity contribution is 1.02. The number of nitrogens with two attached hydrogens (primary N) is 2. The summed E-state index contributed by atoms with van der Waals surface area (Å²) in [6.07, 6.45) is 0.800. The van der Waals surface area contributed by atoms with E-state index in [0.717, 1.165) is 28.9 Å². The average molecular weight is 267 g/mol. The minimum Gasteiger partial charge on any atom is -0.399 e. The summed E-state index contributed by atoms with van der Waals surface area (Å²) in [5.74, 6) is 5.70. The zero-order valence-corrected chi connectivity index (χ0v) is 12.1. The van der Waals surface area contributed by atoms with Crippen LogP contribution in [-0.4, -0.2) is 7.05 Å². The second kappa shape index (κ2) is 5.80. The van der Waals surface area contributed by atoms with Gasteiger partial charge in [0.15, 0.2) is 0 Å². The summed E-state index contributed by atoms with van der Waals surface area (Å²) < 4.78 is 0. The Balaban J connectivity index is 2.17. The third kappa shape index (κ3) is 3.19. The zero-order valence-electron chi connectivity index (χ0n) is 12.1. The predicted octanol–water partition coefficient (Wildman–Crippen LogP) is 3.14. The molecule has 2 rings (SSSR count). The van der Waals surface area contributed by atoms with E-state index in [9.17, 15) is 0 Å². The molecule has 0 amide bonds. The maximum atomic E-state index is 5.85. The van der Waals surface area contributed by atoms with Gasteiger partial charge in [-0.25, -0.2) is 5.84 Å². The highest BCUT2D eigenvalue weighted by Gasteiger charge is 2.05. The van der Waals surface area contributed by atoms with Crippen molar-refractivity contribution in [3.8, 4) is 0 Å². The number of hydrogen-bond donors (Lipinski definition) is 2. The number of hydrazine groups is 1. The Hall–Kier alpha value is -2.26. The molecule has 0 unspecified atom stereocenters. The van der Waals surface area contributed by atoms with E-state index in [1.54, 1.807) is 5.01 Å². The Morgan fingerprint density at radius 2 is 1.80 bits per heavy atom. The van der Waals surface area contributed by atoms with Crippen molar-refractivity contribution in [2.24, 2.45) is 5.84 Å². The molecule has 20 heavy (non-hydrogen) atoms. The molecule has 0 bridgehead atoms. The molecular formula is C17H21N3. The van der Waals surface area contributed by atoms with Gasteiger partial charge in [-0.15, -0.1) is 0 Å². The average Bonchev–Trinajstić information content (AvgIpc) is 2.43. The zero-order chi connectivity index (χ0) is 14.7. The van der Waals surface area contributed by atoms with E-state index in [1.807, 2.05) is 49.5 Å². The highest BCUT2D eigenvalue weighted by molar-refractivity contribution is 5.68. The van der Waals surface area contributed by atoms with Gasteiger partial charge in [-0.3, -0.25) is 0 Å². The van der Waals surface area contributed by atoms with Gasteiger partial charge in [-0.05, 0) is 59.9 Å². The number of nitrogen functional groups attached to an aromatic ring is 1. The molecule has 0 saturated heterocycles. The topological polar surface area (TPSA) is 55.3 Å². The standard InChI is InChI=1S/C17H21N3/c1-12-4-7-16(18)11-15(12)10-13(2)14-5-8-17(9-6-14)20(3)19/h4-9,11H,2,10,18-19H2,1,3H3. The van der Waals surface area contributed by atoms with Crippen LogP contribution in [0.4, 0.5) is 11.4 Å². The summed E-state index contributed by atoms with van der Waals surface area (Å²) >= 11 is 0. The van der Waals surface area contributed by atoms with Gasteiger partial charge in [0, 0.05) is 12.7 Å². The molecule has 104 valence electrons. The summed E-state index contributed by atoms with van der Waals surface area (Å²) in [4.78, 5) is 0. The first-order valence-corrected chi connectivity index (χ1v) is 6.59. The van der Waals surface area contributed by atoms with Crippen LogP contribution >= 0.6 is 0 Å². The molecule has 3 heteroatoms. The third-order valence-electron chi connectivity index (χ3n) is 3.46. The quantitative estimate of drug-likeness (QED) is 0.508. The Bertz CT molecular complexity index is 613. The van der Waals surface area contributed by atoms with Crippen molar-refractivity contribution in [1.82, 2.24) is 0 Å². The van der Waals surface area contributed by atoms with Crippen molar-refractivity contribution >= 4 is 16.9 Å². The second-order valence-corrected chi connectivity index (χ2v) is 5.12. The van der Waals surface area contributed by atoms with Gasteiger partial charge in [0.05, 0.1) is 5.69 Å². The lowest BCUT2D eigenvalue weighted by Gasteiger charge is -2.14. The fourth-order valence-corrected chi connectivity index (χ4v) is 2.15. The van der Waals surface area contributed by atoms with Crippen LogP contribution in [0.25, 0.3) is 5.57 Å². The summed E-state index contributed by atoms with van der Waals surface area (Å²) in [6.45, 7) is 6.27. The molecule has 0 fully saturated rings. The van der Waals surface area contributed by atoms with Crippen LogP contribution in [-0.2, 0) is 6.42 Å². The number of rotatable bonds is 4. The molecule has 0 radical (unpaired) electrons. The molecule has 0 spiro atoms. The van der Waals surface area contributed by atoms with Crippen molar-refractivity contribution in [3.05, 3.63) is 65.7 Å². The predicted molar refractivity (Wildman–Crippen MR) is 87.4 cm³/mol. The molecule has 0 heterocycles. The molecule has 4 N–H and O–H groups in total. The largest absolute Gasteiger partial charge is 0.399 e. The number of benzene rings is 2. The van der Waals surface area contributed by atoms with E-state index in [2.05, 4.69) is 13.5 Å². The maximum Gasteiger partial charge on any atom is 0.0514 e. The Kier molecular flexibility index (Phi) is 4.11. The van der Waals surface area contributed by atoms with Crippen LogP contribution in [0.3, 0.4) is 0 Å². The monoisotopic (exact) mass is 267 g/mol. The van der Waals surface area contributed by atoms with Crippen LogP contribution in [0.2, 0.25) is 0 Å². The number of hydrogen-bond acceptors (Lipinski definition) is 3. The fraction of sp³-hybridized carbons (Fsp3) is 0.176. The normalized spacial score (nSPS) is 10.3. The Labute approximate surface area is 120 Å². The Morgan fingerprint density at radius 3 is 2.40 bits per heavy atom. The number of nitrogens with zero attached hydrogens (tertiary/aromatic N) is 1. The van der Waals surface area contributed by atoms with Crippen molar-refractivity contribution in [2.45, 2.75) is 13.3 Å². The van der Waals surface area contributed by atoms with Crippen molar-refractivity contribution in [2.75, 3.05) is 17.8 Å². The van der Waals surface area contributed by atoms with E-state index in [1.165, 1.54) is 11.1 Å². The highest BCUT2D eigenvalue weighted by atomic mass is 15.4. The molecule has 0 aromatic heterocycles. The van der Waals surface area contributed by atoms with Gasteiger partial charge in [0.25, 0.3) is 0 Å². The van der Waals surface area contributed by atoms with Gasteiger partial charge < -0.3 is 10.7 Å². The van der Waals surface area contributed by atoms with Crippen LogP contribution in [0.1, 0.15) is 16.7 Å². The third-order valence-corrected chi connectivity index (χ3v) is 3.46. The Morgan fingerprint density at radius 1 is 1.15 bits per heavy atom. The minimum atomic E-state index is 0.790. The van der Waals surface area contributed by atoms with E-state index in [0.29, 0.717) is 0 Å². The van der Waals surface area contributed by atoms with Crippen molar-refractivity contribution < 1.29 is 0 Å². The van der Waals surface area contributed by atoms with Crippen molar-refractivity contribution in [3.63, 3.8) is 0 Å². The summed E-state index contributed by atoms with van der Waals surface area (Å²) in [5, 5.41) is 1.59. The highest BCUT2D eigenvalue weighted by Crippen LogP contribution is 2.23. The van der Waals surface area contributed by atoms with Crippen molar-refractivity contribution in [1.29, 1.82) is 0 Å². The second-order valence-electron chi connectivity index (χ2n) is 5.12. The molecule has 0 aliphatic rings. The number of anilines is 2. The van der Waals surface area contributed by atoms with Crippen LogP contribution in [0, 0.1) is 6.92 Å². The van der Waals surface area contributed by atoms with Gasteiger partial charge in [-0.2, -0.15) is 0 Å². The first kappa shape index (κ1) is 14.2. The molecule has 0 aliphatic carbocycles. The molecule has 0 saturated carbocycles. The summed E-state index contributed by atoms with van der Waals surface area (Å²) in [5.41, 5.74) is 12.3. The van der Waals surface area contributed by atoms with Gasteiger partial charge in [0.2, 0.25) is 0 Å². The first-order chi connectivity index (χ1) is 9.47. The summed E-state index contributed by atoms with van der Waals surface area (Å²) in [7, 11) is 1.82. The summed E-state index contributed by atoms with van der Waals surface area (Å²) in [6, 6.07) is 14.1. The SMILES string of the molecule is C=C(Cc1cc(N)ccc1C)c1ccc(N(C)N)cc1. The number of aryl methyl sites for hydroxylation is 1. The van der Waals surface area contributed by atoms with Gasteiger partial charge in [0.1, 0.15) is 0 Å². The first-order valence-electron chi connectivity index (χ1n) is 6.59. The molecular weight excluding hydrogens is 246 g/mol. The molecule has 3 nitrogen and oxygen atoms in total. The van der Waals surface area contributed by atoms with E-state index >= 15 is 0 Å². The van der Waals surface area contributed by atoms with E-state index in [4.69, 9.17) is 11.6 Å². The lowest BCUT2D eigenvalue weighted by atomic mass is 9.96. The maximum absolute atomic E-state index is 5.85. The minimum absolute atomic E-state index is 0.790. The number of allylic oxidation sites excluding steroid dienone is 1. The van der Waals surface area contributed by atoms with Crippen LogP contribution in [0.5, 0.6) is 0 Å². The van der Waals surface area contributed by atoms with Crippen LogP contribution < -0.4 is 16.6 Å². The van der Waals surface area contributed by atoms with Gasteiger partial charge in [-0.1, -0.05) is 24.8 Å². The fourth-order valence-electron chi connectivity index (χ4n) is 2.15. The molecule has 0 atom stereocenters.